The Bertz CT molecular complexity index is 975. The predicted octanol–water partition coefficient (Wildman–Crippen LogP) is 3.14. The molecule has 2 aromatic rings. The van der Waals surface area contributed by atoms with Gasteiger partial charge in [0.1, 0.15) is 12.6 Å². The van der Waals surface area contributed by atoms with Crippen LogP contribution in [-0.2, 0) is 4.79 Å². The lowest BCUT2D eigenvalue weighted by Gasteiger charge is -2.19. The number of carboxylic acid groups (broad SMARTS) is 1. The summed E-state index contributed by atoms with van der Waals surface area (Å²) >= 11 is 0. The van der Waals surface area contributed by atoms with Gasteiger partial charge in [0, 0.05) is 5.56 Å². The molecule has 1 atom stereocenters. The number of aromatic carboxylic acids is 1. The van der Waals surface area contributed by atoms with E-state index >= 15 is 0 Å². The van der Waals surface area contributed by atoms with Crippen LogP contribution in [0.25, 0.3) is 11.1 Å². The van der Waals surface area contributed by atoms with Gasteiger partial charge in [-0.05, 0) is 60.2 Å². The van der Waals surface area contributed by atoms with E-state index in [0.717, 1.165) is 16.7 Å². The fourth-order valence-corrected chi connectivity index (χ4v) is 3.12. The standard InChI is InChI=1S/C23H25N3O4/c1-14(2)12-20(22(28)25-11-10-24)26-21(27)17-6-4-16(5-7-17)19-9-8-18(23(29)30)13-15(19)3/h4-9,13-14,20H,11-12H2,1-3H3,(H,25,28)(H,26,27)(H,29,30)/t20-/m0/s1. The molecule has 0 aliphatic heterocycles. The Morgan fingerprint density at radius 2 is 1.70 bits per heavy atom. The van der Waals surface area contributed by atoms with E-state index in [2.05, 4.69) is 10.6 Å². The van der Waals surface area contributed by atoms with Crippen LogP contribution >= 0.6 is 0 Å². The van der Waals surface area contributed by atoms with Crippen LogP contribution in [0.1, 0.15) is 46.5 Å². The molecule has 0 bridgehead atoms. The minimum Gasteiger partial charge on any atom is -0.478 e. The Morgan fingerprint density at radius 3 is 2.23 bits per heavy atom. The van der Waals surface area contributed by atoms with Crippen LogP contribution in [0.4, 0.5) is 0 Å². The quantitative estimate of drug-likeness (QED) is 0.581. The van der Waals surface area contributed by atoms with Gasteiger partial charge in [0.2, 0.25) is 5.91 Å². The highest BCUT2D eigenvalue weighted by Crippen LogP contribution is 2.25. The predicted molar refractivity (Wildman–Crippen MR) is 113 cm³/mol. The molecule has 30 heavy (non-hydrogen) atoms. The first-order valence-corrected chi connectivity index (χ1v) is 9.62. The summed E-state index contributed by atoms with van der Waals surface area (Å²) < 4.78 is 0. The fourth-order valence-electron chi connectivity index (χ4n) is 3.12. The van der Waals surface area contributed by atoms with E-state index in [1.165, 1.54) is 0 Å². The maximum absolute atomic E-state index is 12.6. The van der Waals surface area contributed by atoms with Crippen LogP contribution < -0.4 is 10.6 Å². The Kier molecular flexibility index (Phi) is 7.70. The minimum absolute atomic E-state index is 0.113. The third kappa shape index (κ3) is 5.92. The minimum atomic E-state index is -0.980. The van der Waals surface area contributed by atoms with Crippen molar-refractivity contribution in [1.82, 2.24) is 10.6 Å². The second-order valence-corrected chi connectivity index (χ2v) is 7.44. The van der Waals surface area contributed by atoms with Crippen LogP contribution in [0.15, 0.2) is 42.5 Å². The van der Waals surface area contributed by atoms with E-state index in [1.807, 2.05) is 26.8 Å². The average Bonchev–Trinajstić information content (AvgIpc) is 2.71. The SMILES string of the molecule is Cc1cc(C(=O)O)ccc1-c1ccc(C(=O)N[C@@H](CC(C)C)C(=O)NCC#N)cc1. The monoisotopic (exact) mass is 407 g/mol. The van der Waals surface area contributed by atoms with Crippen molar-refractivity contribution >= 4 is 17.8 Å². The van der Waals surface area contributed by atoms with Crippen LogP contribution in [0.2, 0.25) is 0 Å². The Labute approximate surface area is 175 Å². The maximum atomic E-state index is 12.6. The van der Waals surface area contributed by atoms with Gasteiger partial charge in [-0.25, -0.2) is 4.79 Å². The van der Waals surface area contributed by atoms with Crippen molar-refractivity contribution < 1.29 is 19.5 Å². The lowest BCUT2D eigenvalue weighted by molar-refractivity contribution is -0.123. The third-order valence-electron chi connectivity index (χ3n) is 4.60. The zero-order chi connectivity index (χ0) is 22.3. The van der Waals surface area contributed by atoms with E-state index < -0.39 is 12.0 Å². The summed E-state index contributed by atoms with van der Waals surface area (Å²) in [6.07, 6.45) is 0.455. The molecule has 0 aromatic heterocycles. The molecule has 0 spiro atoms. The third-order valence-corrected chi connectivity index (χ3v) is 4.60. The van der Waals surface area contributed by atoms with Crippen LogP contribution in [0.3, 0.4) is 0 Å². The number of hydrogen-bond donors (Lipinski definition) is 3. The van der Waals surface area contributed by atoms with Crippen LogP contribution in [0, 0.1) is 24.2 Å². The summed E-state index contributed by atoms with van der Waals surface area (Å²) in [5.74, 6) is -1.56. The lowest BCUT2D eigenvalue weighted by Crippen LogP contribution is -2.47. The van der Waals surface area contributed by atoms with Crippen molar-refractivity contribution in [1.29, 1.82) is 5.26 Å². The number of nitrogens with zero attached hydrogens (tertiary/aromatic N) is 1. The van der Waals surface area contributed by atoms with Crippen molar-refractivity contribution in [3.8, 4) is 17.2 Å². The topological polar surface area (TPSA) is 119 Å². The molecule has 2 aromatic carbocycles. The molecule has 2 rings (SSSR count). The average molecular weight is 407 g/mol. The number of nitrogens with one attached hydrogen (secondary N) is 2. The number of amides is 2. The molecule has 7 heteroatoms. The van der Waals surface area contributed by atoms with E-state index in [-0.39, 0.29) is 29.8 Å². The van der Waals surface area contributed by atoms with E-state index in [4.69, 9.17) is 10.4 Å². The zero-order valence-electron chi connectivity index (χ0n) is 17.2. The van der Waals surface area contributed by atoms with Gasteiger partial charge in [-0.2, -0.15) is 5.26 Å². The largest absolute Gasteiger partial charge is 0.478 e. The van der Waals surface area contributed by atoms with Gasteiger partial charge in [0.05, 0.1) is 11.6 Å². The first kappa shape index (κ1) is 22.6. The molecular formula is C23H25N3O4. The summed E-state index contributed by atoms with van der Waals surface area (Å²) in [7, 11) is 0. The Morgan fingerprint density at radius 1 is 1.07 bits per heavy atom. The number of benzene rings is 2. The van der Waals surface area contributed by atoms with Gasteiger partial charge in [0.15, 0.2) is 0 Å². The number of carbonyl (C=O) groups excluding carboxylic acids is 2. The number of rotatable bonds is 8. The fraction of sp³-hybridized carbons (Fsp3) is 0.304. The highest BCUT2D eigenvalue weighted by atomic mass is 16.4. The molecule has 2 amide bonds. The second-order valence-electron chi connectivity index (χ2n) is 7.44. The Hall–Kier alpha value is -3.66. The first-order chi connectivity index (χ1) is 14.2. The highest BCUT2D eigenvalue weighted by Gasteiger charge is 2.22. The van der Waals surface area contributed by atoms with Gasteiger partial charge < -0.3 is 15.7 Å². The van der Waals surface area contributed by atoms with Crippen molar-refractivity contribution in [2.75, 3.05) is 6.54 Å². The molecule has 0 aliphatic carbocycles. The molecule has 0 radical (unpaired) electrons. The van der Waals surface area contributed by atoms with Gasteiger partial charge >= 0.3 is 5.97 Å². The molecule has 0 heterocycles. The van der Waals surface area contributed by atoms with Crippen LogP contribution in [-0.4, -0.2) is 35.5 Å². The molecule has 0 unspecified atom stereocenters. The molecule has 0 fully saturated rings. The first-order valence-electron chi connectivity index (χ1n) is 9.62. The molecule has 3 N–H and O–H groups in total. The molecule has 0 saturated carbocycles. The molecule has 7 nitrogen and oxygen atoms in total. The van der Waals surface area contributed by atoms with Crippen molar-refractivity contribution in [2.24, 2.45) is 5.92 Å². The summed E-state index contributed by atoms with van der Waals surface area (Å²) in [5.41, 5.74) is 3.17. The van der Waals surface area contributed by atoms with Crippen molar-refractivity contribution in [3.63, 3.8) is 0 Å². The normalized spacial score (nSPS) is 11.4. The van der Waals surface area contributed by atoms with Gasteiger partial charge in [-0.3, -0.25) is 9.59 Å². The summed E-state index contributed by atoms with van der Waals surface area (Å²) in [6.45, 7) is 5.61. The lowest BCUT2D eigenvalue weighted by atomic mass is 9.97. The van der Waals surface area contributed by atoms with E-state index in [9.17, 15) is 14.4 Å². The number of carboxylic acids is 1. The Balaban J connectivity index is 2.16. The summed E-state index contributed by atoms with van der Waals surface area (Å²) in [6, 6.07) is 12.9. The van der Waals surface area contributed by atoms with Gasteiger partial charge in [0.25, 0.3) is 5.91 Å². The molecule has 156 valence electrons. The summed E-state index contributed by atoms with van der Waals surface area (Å²) in [5, 5.41) is 23.0. The molecule has 0 saturated heterocycles. The van der Waals surface area contributed by atoms with E-state index in [0.29, 0.717) is 12.0 Å². The molecular weight excluding hydrogens is 382 g/mol. The van der Waals surface area contributed by atoms with E-state index in [1.54, 1.807) is 42.5 Å². The number of aryl methyl sites for hydroxylation is 1. The van der Waals surface area contributed by atoms with Crippen LogP contribution in [0.5, 0.6) is 0 Å². The van der Waals surface area contributed by atoms with Crippen molar-refractivity contribution in [3.05, 3.63) is 59.2 Å². The number of hydrogen-bond acceptors (Lipinski definition) is 4. The second kappa shape index (κ2) is 10.2. The number of carbonyl (C=O) groups is 3. The molecule has 0 aliphatic rings. The number of nitriles is 1. The highest BCUT2D eigenvalue weighted by molar-refractivity contribution is 5.98. The summed E-state index contributed by atoms with van der Waals surface area (Å²) in [4.78, 5) is 36.0. The van der Waals surface area contributed by atoms with Crippen molar-refractivity contribution in [2.45, 2.75) is 33.2 Å². The smallest absolute Gasteiger partial charge is 0.335 e. The van der Waals surface area contributed by atoms with Gasteiger partial charge in [-0.15, -0.1) is 0 Å². The maximum Gasteiger partial charge on any atom is 0.335 e. The van der Waals surface area contributed by atoms with Gasteiger partial charge in [-0.1, -0.05) is 32.0 Å². The zero-order valence-corrected chi connectivity index (χ0v) is 17.2.